The Balaban J connectivity index is 1.71. The van der Waals surface area contributed by atoms with Gasteiger partial charge in [0.2, 0.25) is 5.91 Å². The second-order valence-corrected chi connectivity index (χ2v) is 6.12. The van der Waals surface area contributed by atoms with Crippen molar-refractivity contribution in [1.82, 2.24) is 20.0 Å². The topological polar surface area (TPSA) is 52.2 Å². The van der Waals surface area contributed by atoms with Crippen molar-refractivity contribution in [2.75, 3.05) is 26.7 Å². The van der Waals surface area contributed by atoms with Crippen LogP contribution in [0.15, 0.2) is 12.4 Å². The molecule has 1 fully saturated rings. The van der Waals surface area contributed by atoms with Crippen LogP contribution in [0, 0.1) is 5.92 Å². The Bertz CT molecular complexity index is 416. The van der Waals surface area contributed by atoms with Crippen molar-refractivity contribution in [3.63, 3.8) is 0 Å². The lowest BCUT2D eigenvalue weighted by Crippen LogP contribution is -2.34. The number of H-pyrrole nitrogens is 1. The zero-order valence-corrected chi connectivity index (χ0v) is 12.8. The fraction of sp³-hybridized carbons (Fsp3) is 0.733. The quantitative estimate of drug-likeness (QED) is 0.858. The number of aromatic amines is 1. The summed E-state index contributed by atoms with van der Waals surface area (Å²) in [6, 6.07) is 0.613. The highest BCUT2D eigenvalue weighted by molar-refractivity contribution is 5.76. The lowest BCUT2D eigenvalue weighted by Gasteiger charge is -2.23. The average molecular weight is 278 g/mol. The Morgan fingerprint density at radius 3 is 3.00 bits per heavy atom. The van der Waals surface area contributed by atoms with E-state index in [1.807, 2.05) is 18.1 Å². The molecule has 0 saturated carbocycles. The minimum absolute atomic E-state index is 0.231. The highest BCUT2D eigenvalue weighted by Gasteiger charge is 2.26. The molecule has 1 N–H and O–H groups in total. The molecule has 0 unspecified atom stereocenters. The molecular formula is C15H26N4O. The molecule has 1 amide bonds. The predicted molar refractivity (Wildman–Crippen MR) is 79.4 cm³/mol. The monoisotopic (exact) mass is 278 g/mol. The summed E-state index contributed by atoms with van der Waals surface area (Å²) in [5.41, 5.74) is 1.10. The number of aromatic nitrogens is 2. The summed E-state index contributed by atoms with van der Waals surface area (Å²) >= 11 is 0. The highest BCUT2D eigenvalue weighted by atomic mass is 16.2. The molecule has 1 aliphatic rings. The van der Waals surface area contributed by atoms with Crippen molar-refractivity contribution < 1.29 is 4.79 Å². The number of likely N-dealkylation sites (tertiary alicyclic amines) is 1. The molecule has 0 radical (unpaired) electrons. The normalized spacial score (nSPS) is 19.7. The predicted octanol–water partition coefficient (Wildman–Crippen LogP) is 1.53. The van der Waals surface area contributed by atoms with Crippen molar-refractivity contribution in [3.8, 4) is 0 Å². The van der Waals surface area contributed by atoms with Gasteiger partial charge >= 0.3 is 0 Å². The van der Waals surface area contributed by atoms with E-state index in [1.54, 1.807) is 6.20 Å². The summed E-state index contributed by atoms with van der Waals surface area (Å²) in [5.74, 6) is 0.856. The van der Waals surface area contributed by atoms with Gasteiger partial charge in [-0.15, -0.1) is 0 Å². The molecule has 20 heavy (non-hydrogen) atoms. The fourth-order valence-corrected chi connectivity index (χ4v) is 2.83. The summed E-state index contributed by atoms with van der Waals surface area (Å²) in [6.45, 7) is 7.65. The molecule has 0 aliphatic carbocycles. The maximum Gasteiger partial charge on any atom is 0.222 e. The van der Waals surface area contributed by atoms with Crippen LogP contribution in [-0.2, 0) is 11.2 Å². The molecule has 1 aromatic heterocycles. The van der Waals surface area contributed by atoms with Gasteiger partial charge in [0.05, 0.1) is 6.20 Å². The smallest absolute Gasteiger partial charge is 0.222 e. The fourth-order valence-electron chi connectivity index (χ4n) is 2.83. The van der Waals surface area contributed by atoms with Crippen LogP contribution in [0.3, 0.4) is 0 Å². The van der Waals surface area contributed by atoms with E-state index in [1.165, 1.54) is 13.0 Å². The molecule has 1 aromatic rings. The SMILES string of the molecule is CC(C)N1CC[C@H](CN(C)C(=O)CCc2cn[nH]c2)C1. The first-order valence-corrected chi connectivity index (χ1v) is 7.52. The number of nitrogens with zero attached hydrogens (tertiary/aromatic N) is 3. The molecule has 1 atom stereocenters. The average Bonchev–Trinajstić information content (AvgIpc) is 3.06. The van der Waals surface area contributed by atoms with Gasteiger partial charge in [-0.3, -0.25) is 9.89 Å². The summed E-state index contributed by atoms with van der Waals surface area (Å²) in [4.78, 5) is 16.5. The molecule has 2 heterocycles. The van der Waals surface area contributed by atoms with Crippen molar-refractivity contribution in [2.24, 2.45) is 5.92 Å². The van der Waals surface area contributed by atoms with Crippen LogP contribution in [0.5, 0.6) is 0 Å². The molecule has 1 saturated heterocycles. The molecular weight excluding hydrogens is 252 g/mol. The first-order chi connectivity index (χ1) is 9.56. The van der Waals surface area contributed by atoms with Gasteiger partial charge in [-0.1, -0.05) is 0 Å². The molecule has 112 valence electrons. The Morgan fingerprint density at radius 2 is 2.40 bits per heavy atom. The van der Waals surface area contributed by atoms with E-state index in [9.17, 15) is 4.79 Å². The Labute approximate surface area is 121 Å². The second kappa shape index (κ2) is 6.88. The Morgan fingerprint density at radius 1 is 1.60 bits per heavy atom. The van der Waals surface area contributed by atoms with Crippen LogP contribution < -0.4 is 0 Å². The molecule has 5 nitrogen and oxygen atoms in total. The number of rotatable bonds is 6. The molecule has 5 heteroatoms. The van der Waals surface area contributed by atoms with Crippen molar-refractivity contribution in [1.29, 1.82) is 0 Å². The van der Waals surface area contributed by atoms with Crippen LogP contribution in [0.25, 0.3) is 0 Å². The van der Waals surface area contributed by atoms with Gasteiger partial charge < -0.3 is 9.80 Å². The molecule has 0 aromatic carbocycles. The largest absolute Gasteiger partial charge is 0.345 e. The van der Waals surface area contributed by atoms with Gasteiger partial charge in [-0.05, 0) is 44.7 Å². The summed E-state index contributed by atoms with van der Waals surface area (Å²) in [6.07, 6.45) is 6.17. The van der Waals surface area contributed by atoms with Gasteiger partial charge in [-0.25, -0.2) is 0 Å². The number of carbonyl (C=O) groups is 1. The van der Waals surface area contributed by atoms with Crippen molar-refractivity contribution in [2.45, 2.75) is 39.2 Å². The summed E-state index contributed by atoms with van der Waals surface area (Å²) in [7, 11) is 1.93. The number of hydrogen-bond donors (Lipinski definition) is 1. The number of carbonyl (C=O) groups excluding carboxylic acids is 1. The molecule has 0 spiro atoms. The third kappa shape index (κ3) is 4.07. The van der Waals surface area contributed by atoms with Crippen molar-refractivity contribution >= 4 is 5.91 Å². The number of aryl methyl sites for hydroxylation is 1. The van der Waals surface area contributed by atoms with Crippen LogP contribution >= 0.6 is 0 Å². The third-order valence-electron chi connectivity index (χ3n) is 4.19. The lowest BCUT2D eigenvalue weighted by atomic mass is 10.1. The van der Waals surface area contributed by atoms with E-state index in [0.29, 0.717) is 18.4 Å². The zero-order chi connectivity index (χ0) is 14.5. The zero-order valence-electron chi connectivity index (χ0n) is 12.8. The van der Waals surface area contributed by atoms with Gasteiger partial charge in [-0.2, -0.15) is 5.10 Å². The van der Waals surface area contributed by atoms with E-state index in [-0.39, 0.29) is 5.91 Å². The van der Waals surface area contributed by atoms with Crippen LogP contribution in [0.4, 0.5) is 0 Å². The van der Waals surface area contributed by atoms with E-state index in [2.05, 4.69) is 28.9 Å². The van der Waals surface area contributed by atoms with E-state index in [0.717, 1.165) is 25.1 Å². The molecule has 1 aliphatic heterocycles. The minimum atomic E-state index is 0.231. The standard InChI is InChI=1S/C15H26N4O/c1-12(2)19-7-6-14(11-19)10-18(3)15(20)5-4-13-8-16-17-9-13/h8-9,12,14H,4-7,10-11H2,1-3H3,(H,16,17)/t14-/m1/s1. The van der Waals surface area contributed by atoms with Gasteiger partial charge in [0.25, 0.3) is 0 Å². The third-order valence-corrected chi connectivity index (χ3v) is 4.19. The highest BCUT2D eigenvalue weighted by Crippen LogP contribution is 2.19. The second-order valence-electron chi connectivity index (χ2n) is 6.12. The number of amides is 1. The maximum absolute atomic E-state index is 12.1. The van der Waals surface area contributed by atoms with Crippen LogP contribution in [0.1, 0.15) is 32.3 Å². The summed E-state index contributed by atoms with van der Waals surface area (Å²) in [5, 5.41) is 6.67. The minimum Gasteiger partial charge on any atom is -0.345 e. The molecule has 0 bridgehead atoms. The van der Waals surface area contributed by atoms with Gasteiger partial charge in [0, 0.05) is 38.8 Å². The van der Waals surface area contributed by atoms with E-state index >= 15 is 0 Å². The number of nitrogens with one attached hydrogen (secondary N) is 1. The van der Waals surface area contributed by atoms with Crippen molar-refractivity contribution in [3.05, 3.63) is 18.0 Å². The van der Waals surface area contributed by atoms with Gasteiger partial charge in [0.15, 0.2) is 0 Å². The first-order valence-electron chi connectivity index (χ1n) is 7.52. The first kappa shape index (κ1) is 15.0. The molecule has 2 rings (SSSR count). The summed E-state index contributed by atoms with van der Waals surface area (Å²) < 4.78 is 0. The van der Waals surface area contributed by atoms with E-state index in [4.69, 9.17) is 0 Å². The Kier molecular flexibility index (Phi) is 5.17. The Hall–Kier alpha value is -1.36. The number of hydrogen-bond acceptors (Lipinski definition) is 3. The van der Waals surface area contributed by atoms with Crippen LogP contribution in [0.2, 0.25) is 0 Å². The maximum atomic E-state index is 12.1. The van der Waals surface area contributed by atoms with Gasteiger partial charge in [0.1, 0.15) is 0 Å². The van der Waals surface area contributed by atoms with Crippen LogP contribution in [-0.4, -0.2) is 58.6 Å². The van der Waals surface area contributed by atoms with E-state index < -0.39 is 0 Å². The lowest BCUT2D eigenvalue weighted by molar-refractivity contribution is -0.130.